The second-order valence-electron chi connectivity index (χ2n) is 7.55. The van der Waals surface area contributed by atoms with Gasteiger partial charge >= 0.3 is 0 Å². The van der Waals surface area contributed by atoms with Gasteiger partial charge in [0.15, 0.2) is 5.96 Å². The van der Waals surface area contributed by atoms with E-state index in [1.807, 2.05) is 6.92 Å². The number of hydrogen-bond acceptors (Lipinski definition) is 3. The van der Waals surface area contributed by atoms with Gasteiger partial charge in [-0.3, -0.25) is 4.99 Å². The number of hydrogen-bond donors (Lipinski definition) is 3. The van der Waals surface area contributed by atoms with Crippen LogP contribution < -0.4 is 10.6 Å². The van der Waals surface area contributed by atoms with Crippen molar-refractivity contribution in [2.24, 2.45) is 4.99 Å². The molecule has 0 saturated carbocycles. The summed E-state index contributed by atoms with van der Waals surface area (Å²) in [7, 11) is 0. The molecular weight excluding hydrogens is 453 g/mol. The monoisotopic (exact) mass is 485 g/mol. The minimum absolute atomic E-state index is 0. The van der Waals surface area contributed by atoms with E-state index in [0.717, 1.165) is 6.54 Å². The number of aliphatic imine (C=N–C) groups is 1. The zero-order valence-corrected chi connectivity index (χ0v) is 19.2. The van der Waals surface area contributed by atoms with E-state index in [1.54, 1.807) is 25.3 Å². The molecule has 0 bridgehead atoms. The Kier molecular flexibility index (Phi) is 8.81. The predicted molar refractivity (Wildman–Crippen MR) is 122 cm³/mol. The number of nitrogens with one attached hydrogen (secondary N) is 2. The molecule has 1 aromatic heterocycles. The molecule has 3 N–H and O–H groups in total. The third-order valence-corrected chi connectivity index (χ3v) is 4.46. The summed E-state index contributed by atoms with van der Waals surface area (Å²) in [6, 6.07) is 12.1. The molecule has 27 heavy (non-hydrogen) atoms. The third kappa shape index (κ3) is 6.84. The van der Waals surface area contributed by atoms with Crippen LogP contribution in [0, 0.1) is 6.92 Å². The summed E-state index contributed by atoms with van der Waals surface area (Å²) in [6.07, 6.45) is 1.56. The van der Waals surface area contributed by atoms with Gasteiger partial charge in [0.25, 0.3) is 0 Å². The molecular formula is C21H32IN3O2. The van der Waals surface area contributed by atoms with Crippen molar-refractivity contribution in [3.05, 3.63) is 59.5 Å². The Balaban J connectivity index is 0.00000364. The van der Waals surface area contributed by atoms with Crippen LogP contribution in [0.3, 0.4) is 0 Å². The Hall–Kier alpha value is -1.54. The summed E-state index contributed by atoms with van der Waals surface area (Å²) in [4.78, 5) is 4.72. The van der Waals surface area contributed by atoms with E-state index in [2.05, 4.69) is 55.7 Å². The first-order chi connectivity index (χ1) is 12.2. The predicted octanol–water partition coefficient (Wildman–Crippen LogP) is 3.95. The highest BCUT2D eigenvalue weighted by atomic mass is 127. The molecule has 1 unspecified atom stereocenters. The number of halogens is 1. The maximum absolute atomic E-state index is 10.6. The van der Waals surface area contributed by atoms with Crippen LogP contribution >= 0.6 is 24.0 Å². The van der Waals surface area contributed by atoms with Gasteiger partial charge < -0.3 is 20.2 Å². The lowest BCUT2D eigenvalue weighted by molar-refractivity contribution is 0.0386. The number of guanidine groups is 1. The summed E-state index contributed by atoms with van der Waals surface area (Å²) in [5, 5.41) is 17.0. The summed E-state index contributed by atoms with van der Waals surface area (Å²) < 4.78 is 5.32. The maximum atomic E-state index is 10.6. The lowest BCUT2D eigenvalue weighted by Crippen LogP contribution is -2.45. The molecule has 1 atom stereocenters. The van der Waals surface area contributed by atoms with Gasteiger partial charge in [-0.05, 0) is 38.5 Å². The molecule has 150 valence electrons. The second kappa shape index (κ2) is 10.1. The summed E-state index contributed by atoms with van der Waals surface area (Å²) in [5.74, 6) is 1.21. The topological polar surface area (TPSA) is 69.8 Å². The van der Waals surface area contributed by atoms with Crippen molar-refractivity contribution in [3.8, 4) is 0 Å². The van der Waals surface area contributed by atoms with Crippen molar-refractivity contribution in [1.82, 2.24) is 10.6 Å². The van der Waals surface area contributed by atoms with Gasteiger partial charge in [0.2, 0.25) is 0 Å². The van der Waals surface area contributed by atoms with Gasteiger partial charge in [0.05, 0.1) is 19.4 Å². The van der Waals surface area contributed by atoms with Crippen molar-refractivity contribution in [2.45, 2.75) is 45.6 Å². The fourth-order valence-corrected chi connectivity index (χ4v) is 2.64. The molecule has 0 amide bonds. The molecule has 1 heterocycles. The maximum Gasteiger partial charge on any atom is 0.191 e. The molecule has 0 radical (unpaired) electrons. The largest absolute Gasteiger partial charge is 0.466 e. The molecule has 0 saturated heterocycles. The van der Waals surface area contributed by atoms with Crippen molar-refractivity contribution < 1.29 is 9.52 Å². The third-order valence-electron chi connectivity index (χ3n) is 4.46. The molecule has 0 aliphatic heterocycles. The Morgan fingerprint density at radius 3 is 2.33 bits per heavy atom. The van der Waals surface area contributed by atoms with Crippen LogP contribution in [0.1, 0.15) is 44.6 Å². The smallest absolute Gasteiger partial charge is 0.191 e. The normalized spacial score (nSPS) is 14.2. The van der Waals surface area contributed by atoms with Gasteiger partial charge in [-0.2, -0.15) is 0 Å². The van der Waals surface area contributed by atoms with Crippen molar-refractivity contribution >= 4 is 29.9 Å². The van der Waals surface area contributed by atoms with Crippen LogP contribution in [0.5, 0.6) is 0 Å². The fourth-order valence-electron chi connectivity index (χ4n) is 2.64. The van der Waals surface area contributed by atoms with Crippen molar-refractivity contribution in [3.63, 3.8) is 0 Å². The first-order valence-corrected chi connectivity index (χ1v) is 9.10. The molecule has 5 nitrogen and oxygen atoms in total. The number of furan rings is 1. The molecule has 2 rings (SSSR count). The van der Waals surface area contributed by atoms with E-state index in [4.69, 9.17) is 9.41 Å². The summed E-state index contributed by atoms with van der Waals surface area (Å²) >= 11 is 0. The van der Waals surface area contributed by atoms with E-state index in [0.29, 0.717) is 24.8 Å². The SMILES string of the molecule is CCNC(=NCC(C)(C)c1ccc(C)cc1)NCC(C)(O)c1ccco1.I. The number of nitrogens with zero attached hydrogens (tertiary/aromatic N) is 1. The standard InChI is InChI=1S/C21H31N3O2.HI/c1-6-22-19(24-15-21(5,25)18-8-7-13-26-18)23-14-20(3,4)17-11-9-16(2)10-12-17;/h7-13,25H,6,14-15H2,1-5H3,(H2,22,23,24);1H. The van der Waals surface area contributed by atoms with Crippen molar-refractivity contribution in [2.75, 3.05) is 19.6 Å². The zero-order chi connectivity index (χ0) is 19.2. The Morgan fingerprint density at radius 1 is 1.11 bits per heavy atom. The molecule has 0 aliphatic carbocycles. The number of benzene rings is 1. The van der Waals surface area contributed by atoms with Crippen LogP contribution in [0.25, 0.3) is 0 Å². The Bertz CT molecular complexity index is 708. The molecule has 2 aromatic rings. The van der Waals surface area contributed by atoms with Crippen LogP contribution in [0.4, 0.5) is 0 Å². The van der Waals surface area contributed by atoms with Gasteiger partial charge in [-0.1, -0.05) is 43.7 Å². The molecule has 6 heteroatoms. The number of rotatable bonds is 7. The van der Waals surface area contributed by atoms with E-state index in [9.17, 15) is 5.11 Å². The summed E-state index contributed by atoms with van der Waals surface area (Å²) in [5.41, 5.74) is 1.32. The van der Waals surface area contributed by atoms with E-state index in [-0.39, 0.29) is 29.4 Å². The quantitative estimate of drug-likeness (QED) is 0.316. The highest BCUT2D eigenvalue weighted by Crippen LogP contribution is 2.24. The molecule has 0 spiro atoms. The van der Waals surface area contributed by atoms with Crippen molar-refractivity contribution in [1.29, 1.82) is 0 Å². The highest BCUT2D eigenvalue weighted by molar-refractivity contribution is 14.0. The van der Waals surface area contributed by atoms with Crippen LogP contribution in [-0.2, 0) is 11.0 Å². The average Bonchev–Trinajstić information content (AvgIpc) is 3.13. The van der Waals surface area contributed by atoms with Gasteiger partial charge in [-0.15, -0.1) is 24.0 Å². The highest BCUT2D eigenvalue weighted by Gasteiger charge is 2.26. The van der Waals surface area contributed by atoms with E-state index < -0.39 is 5.60 Å². The van der Waals surface area contributed by atoms with Crippen LogP contribution in [-0.4, -0.2) is 30.7 Å². The minimum Gasteiger partial charge on any atom is -0.466 e. The Morgan fingerprint density at radius 2 is 1.78 bits per heavy atom. The van der Waals surface area contributed by atoms with Crippen LogP contribution in [0.15, 0.2) is 52.1 Å². The minimum atomic E-state index is -1.10. The first kappa shape index (κ1) is 23.5. The fraction of sp³-hybridized carbons (Fsp3) is 0.476. The molecule has 0 aliphatic rings. The molecule has 1 aromatic carbocycles. The number of aliphatic hydroxyl groups is 1. The summed E-state index contributed by atoms with van der Waals surface area (Å²) in [6.45, 7) is 11.9. The average molecular weight is 485 g/mol. The lowest BCUT2D eigenvalue weighted by Gasteiger charge is -2.25. The zero-order valence-electron chi connectivity index (χ0n) is 16.9. The second-order valence-corrected chi connectivity index (χ2v) is 7.55. The Labute approximate surface area is 179 Å². The van der Waals surface area contributed by atoms with Crippen LogP contribution in [0.2, 0.25) is 0 Å². The van der Waals surface area contributed by atoms with Gasteiger partial charge in [-0.25, -0.2) is 0 Å². The lowest BCUT2D eigenvalue weighted by atomic mass is 9.84. The number of aryl methyl sites for hydroxylation is 1. The molecule has 0 fully saturated rings. The van der Waals surface area contributed by atoms with Gasteiger partial charge in [0.1, 0.15) is 11.4 Å². The first-order valence-electron chi connectivity index (χ1n) is 9.10. The van der Waals surface area contributed by atoms with E-state index >= 15 is 0 Å². The van der Waals surface area contributed by atoms with Gasteiger partial charge in [0, 0.05) is 12.0 Å². The van der Waals surface area contributed by atoms with E-state index in [1.165, 1.54) is 11.1 Å².